The first kappa shape index (κ1) is 20.3. The third kappa shape index (κ3) is 4.13. The summed E-state index contributed by atoms with van der Waals surface area (Å²) in [6.07, 6.45) is 2.16. The second kappa shape index (κ2) is 8.86. The molecular weight excluding hydrogens is 380 g/mol. The molecule has 0 bridgehead atoms. The van der Waals surface area contributed by atoms with E-state index in [4.69, 9.17) is 4.74 Å². The Morgan fingerprint density at radius 1 is 0.774 bits per heavy atom. The van der Waals surface area contributed by atoms with Gasteiger partial charge in [-0.1, -0.05) is 66.7 Å². The lowest BCUT2D eigenvalue weighted by Gasteiger charge is -2.46. The molecule has 3 aromatic carbocycles. The fraction of sp³-hybridized carbons (Fsp3) is 0.357. The quantitative estimate of drug-likeness (QED) is 0.573. The highest BCUT2D eigenvalue weighted by molar-refractivity contribution is 5.44. The van der Waals surface area contributed by atoms with Crippen LogP contribution in [-0.2, 0) is 24.9 Å². The zero-order chi connectivity index (χ0) is 21.1. The van der Waals surface area contributed by atoms with Crippen LogP contribution in [0.25, 0.3) is 0 Å². The molecule has 0 amide bonds. The molecule has 2 aliphatic rings. The van der Waals surface area contributed by atoms with Crippen molar-refractivity contribution in [3.05, 3.63) is 101 Å². The monoisotopic (exact) mass is 412 g/mol. The van der Waals surface area contributed by atoms with E-state index in [-0.39, 0.29) is 5.54 Å². The highest BCUT2D eigenvalue weighted by Crippen LogP contribution is 2.43. The van der Waals surface area contributed by atoms with Crippen molar-refractivity contribution in [2.24, 2.45) is 0 Å². The van der Waals surface area contributed by atoms with E-state index in [9.17, 15) is 0 Å². The Balaban J connectivity index is 1.39. The fourth-order valence-electron chi connectivity index (χ4n) is 5.42. The van der Waals surface area contributed by atoms with Crippen LogP contribution in [-0.4, -0.2) is 42.6 Å². The van der Waals surface area contributed by atoms with Gasteiger partial charge in [-0.25, -0.2) is 0 Å². The van der Waals surface area contributed by atoms with Crippen molar-refractivity contribution in [2.45, 2.75) is 31.8 Å². The molecule has 1 aliphatic carbocycles. The van der Waals surface area contributed by atoms with E-state index in [1.165, 1.54) is 22.3 Å². The highest BCUT2D eigenvalue weighted by atomic mass is 16.5. The van der Waals surface area contributed by atoms with E-state index in [1.54, 1.807) is 0 Å². The largest absolute Gasteiger partial charge is 0.494 e. The molecule has 31 heavy (non-hydrogen) atoms. The van der Waals surface area contributed by atoms with Gasteiger partial charge in [0.05, 0.1) is 12.1 Å². The standard InChI is InChI=1S/C28H32N2O/c1-2-31-27-14-8-13-26(19-27)28(20-24-11-6-7-12-25(24)21-28)30-17-15-29(16-18-30)22-23-9-4-3-5-10-23/h3-14,19H,2,15-18,20-22H2,1H3. The normalized spacial score (nSPS) is 18.6. The topological polar surface area (TPSA) is 15.7 Å². The summed E-state index contributed by atoms with van der Waals surface area (Å²) >= 11 is 0. The number of benzene rings is 3. The zero-order valence-electron chi connectivity index (χ0n) is 18.5. The third-order valence-electron chi connectivity index (χ3n) is 6.99. The number of nitrogens with zero attached hydrogens (tertiary/aromatic N) is 2. The SMILES string of the molecule is CCOc1cccc(C2(N3CCN(Cc4ccccc4)CC3)Cc3ccccc3C2)c1. The van der Waals surface area contributed by atoms with Crippen LogP contribution in [0.1, 0.15) is 29.2 Å². The van der Waals surface area contributed by atoms with E-state index in [1.807, 2.05) is 0 Å². The van der Waals surface area contributed by atoms with Gasteiger partial charge in [-0.3, -0.25) is 9.80 Å². The molecule has 1 fully saturated rings. The van der Waals surface area contributed by atoms with Gasteiger partial charge >= 0.3 is 0 Å². The number of fused-ring (bicyclic) bond motifs is 1. The summed E-state index contributed by atoms with van der Waals surface area (Å²) in [4.78, 5) is 5.35. The molecule has 0 N–H and O–H groups in total. The van der Waals surface area contributed by atoms with E-state index in [0.29, 0.717) is 6.61 Å². The number of ether oxygens (including phenoxy) is 1. The van der Waals surface area contributed by atoms with Crippen LogP contribution in [0.5, 0.6) is 5.75 Å². The average Bonchev–Trinajstić information content (AvgIpc) is 3.22. The van der Waals surface area contributed by atoms with Crippen LogP contribution in [0.2, 0.25) is 0 Å². The Bertz CT molecular complexity index is 983. The first-order chi connectivity index (χ1) is 15.3. The maximum Gasteiger partial charge on any atom is 0.119 e. The molecule has 3 nitrogen and oxygen atoms in total. The molecule has 160 valence electrons. The summed E-state index contributed by atoms with van der Waals surface area (Å²) in [5.74, 6) is 0.984. The molecule has 3 aromatic rings. The van der Waals surface area contributed by atoms with Crippen molar-refractivity contribution in [3.63, 3.8) is 0 Å². The van der Waals surface area contributed by atoms with Crippen LogP contribution < -0.4 is 4.74 Å². The summed E-state index contributed by atoms with van der Waals surface area (Å²) in [6, 6.07) is 28.7. The maximum absolute atomic E-state index is 5.87. The molecule has 0 atom stereocenters. The number of hydrogen-bond donors (Lipinski definition) is 0. The molecule has 0 unspecified atom stereocenters. The molecule has 5 rings (SSSR count). The summed E-state index contributed by atoms with van der Waals surface area (Å²) in [5.41, 5.74) is 5.82. The van der Waals surface area contributed by atoms with Crippen LogP contribution in [0.3, 0.4) is 0 Å². The van der Waals surface area contributed by atoms with Gasteiger partial charge < -0.3 is 4.74 Å². The van der Waals surface area contributed by atoms with Gasteiger partial charge in [0.15, 0.2) is 0 Å². The van der Waals surface area contributed by atoms with Crippen molar-refractivity contribution in [2.75, 3.05) is 32.8 Å². The minimum absolute atomic E-state index is 0.0234. The molecule has 0 spiro atoms. The summed E-state index contributed by atoms with van der Waals surface area (Å²) in [7, 11) is 0. The van der Waals surface area contributed by atoms with Crippen molar-refractivity contribution in [1.82, 2.24) is 9.80 Å². The Labute approximate surface area is 186 Å². The van der Waals surface area contributed by atoms with Gasteiger partial charge in [0.2, 0.25) is 0 Å². The summed E-state index contributed by atoms with van der Waals surface area (Å²) in [5, 5.41) is 0. The Morgan fingerprint density at radius 3 is 2.13 bits per heavy atom. The number of rotatable bonds is 6. The van der Waals surface area contributed by atoms with Crippen LogP contribution in [0.15, 0.2) is 78.9 Å². The predicted octanol–water partition coefficient (Wildman–Crippen LogP) is 4.90. The van der Waals surface area contributed by atoms with Crippen LogP contribution in [0, 0.1) is 0 Å². The minimum atomic E-state index is 0.0234. The molecule has 1 heterocycles. The summed E-state index contributed by atoms with van der Waals surface area (Å²) < 4.78 is 5.87. The third-order valence-corrected chi connectivity index (χ3v) is 6.99. The smallest absolute Gasteiger partial charge is 0.119 e. The first-order valence-electron chi connectivity index (χ1n) is 11.6. The molecule has 3 heteroatoms. The zero-order valence-corrected chi connectivity index (χ0v) is 18.5. The lowest BCUT2D eigenvalue weighted by molar-refractivity contribution is 0.0315. The number of hydrogen-bond acceptors (Lipinski definition) is 3. The van der Waals surface area contributed by atoms with E-state index in [0.717, 1.165) is 51.3 Å². The number of piperazine rings is 1. The second-order valence-electron chi connectivity index (χ2n) is 8.86. The fourth-order valence-corrected chi connectivity index (χ4v) is 5.42. The molecule has 0 saturated carbocycles. The van der Waals surface area contributed by atoms with E-state index >= 15 is 0 Å². The van der Waals surface area contributed by atoms with Gasteiger partial charge in [0, 0.05) is 32.7 Å². The van der Waals surface area contributed by atoms with Crippen molar-refractivity contribution in [3.8, 4) is 5.75 Å². The maximum atomic E-state index is 5.87. The molecule has 0 radical (unpaired) electrons. The Kier molecular flexibility index (Phi) is 5.80. The highest BCUT2D eigenvalue weighted by Gasteiger charge is 2.44. The Hall–Kier alpha value is -2.62. The van der Waals surface area contributed by atoms with Crippen molar-refractivity contribution >= 4 is 0 Å². The van der Waals surface area contributed by atoms with E-state index < -0.39 is 0 Å². The lowest BCUT2D eigenvalue weighted by atomic mass is 9.84. The first-order valence-corrected chi connectivity index (χ1v) is 11.6. The van der Waals surface area contributed by atoms with Gasteiger partial charge in [-0.05, 0) is 54.2 Å². The molecule has 1 saturated heterocycles. The van der Waals surface area contributed by atoms with Crippen molar-refractivity contribution in [1.29, 1.82) is 0 Å². The molecule has 1 aliphatic heterocycles. The van der Waals surface area contributed by atoms with Gasteiger partial charge in [0.25, 0.3) is 0 Å². The van der Waals surface area contributed by atoms with Gasteiger partial charge in [0.1, 0.15) is 5.75 Å². The Morgan fingerprint density at radius 2 is 1.45 bits per heavy atom. The van der Waals surface area contributed by atoms with Crippen LogP contribution in [0.4, 0.5) is 0 Å². The summed E-state index contributed by atoms with van der Waals surface area (Å²) in [6.45, 7) is 8.21. The minimum Gasteiger partial charge on any atom is -0.494 e. The lowest BCUT2D eigenvalue weighted by Crippen LogP contribution is -2.55. The van der Waals surface area contributed by atoms with Gasteiger partial charge in [-0.2, -0.15) is 0 Å². The second-order valence-corrected chi connectivity index (χ2v) is 8.86. The van der Waals surface area contributed by atoms with Crippen molar-refractivity contribution < 1.29 is 4.74 Å². The van der Waals surface area contributed by atoms with Crippen LogP contribution >= 0.6 is 0 Å². The molecule has 0 aromatic heterocycles. The molecular formula is C28H32N2O. The average molecular weight is 413 g/mol. The predicted molar refractivity (Wildman–Crippen MR) is 126 cm³/mol. The van der Waals surface area contributed by atoms with Gasteiger partial charge in [-0.15, -0.1) is 0 Å². The van der Waals surface area contributed by atoms with E-state index in [2.05, 4.69) is 95.6 Å².